The Balaban J connectivity index is 1.68. The monoisotopic (exact) mass is 391 g/mol. The lowest BCUT2D eigenvalue weighted by Crippen LogP contribution is -2.38. The average molecular weight is 392 g/mol. The fraction of sp³-hybridized carbons (Fsp3) is 0.222. The lowest BCUT2D eigenvalue weighted by Gasteiger charge is -2.29. The second kappa shape index (κ2) is 7.13. The average Bonchev–Trinajstić information content (AvgIpc) is 2.61. The van der Waals surface area contributed by atoms with E-state index in [9.17, 15) is 14.0 Å². The number of esters is 1. The van der Waals surface area contributed by atoms with Crippen molar-refractivity contribution in [3.8, 4) is 0 Å². The highest BCUT2D eigenvalue weighted by Crippen LogP contribution is 2.26. The zero-order chi connectivity index (χ0) is 17.1. The molecule has 4 nitrogen and oxygen atoms in total. The minimum absolute atomic E-state index is 0.198. The van der Waals surface area contributed by atoms with Gasteiger partial charge in [0.05, 0.1) is 5.56 Å². The van der Waals surface area contributed by atoms with E-state index in [1.807, 2.05) is 24.3 Å². The van der Waals surface area contributed by atoms with Crippen LogP contribution < -0.4 is 4.90 Å². The van der Waals surface area contributed by atoms with Gasteiger partial charge in [-0.25, -0.2) is 9.18 Å². The predicted molar refractivity (Wildman–Crippen MR) is 91.5 cm³/mol. The lowest BCUT2D eigenvalue weighted by atomic mass is 10.0. The Kier molecular flexibility index (Phi) is 4.94. The zero-order valence-corrected chi connectivity index (χ0v) is 14.4. The van der Waals surface area contributed by atoms with Gasteiger partial charge in [0.25, 0.3) is 5.91 Å². The topological polar surface area (TPSA) is 46.6 Å². The van der Waals surface area contributed by atoms with E-state index in [1.54, 1.807) is 4.90 Å². The van der Waals surface area contributed by atoms with Crippen LogP contribution in [-0.2, 0) is 16.0 Å². The van der Waals surface area contributed by atoms with Crippen LogP contribution in [0.1, 0.15) is 22.3 Å². The number of amides is 1. The number of rotatable bonds is 3. The van der Waals surface area contributed by atoms with Crippen LogP contribution in [0, 0.1) is 5.82 Å². The Labute approximate surface area is 147 Å². The molecule has 0 bridgehead atoms. The summed E-state index contributed by atoms with van der Waals surface area (Å²) in [5, 5.41) is 0. The summed E-state index contributed by atoms with van der Waals surface area (Å²) in [4.78, 5) is 26.0. The van der Waals surface area contributed by atoms with Crippen molar-refractivity contribution in [3.63, 3.8) is 0 Å². The van der Waals surface area contributed by atoms with Gasteiger partial charge in [0.15, 0.2) is 6.61 Å². The first-order chi connectivity index (χ1) is 11.6. The van der Waals surface area contributed by atoms with E-state index in [0.29, 0.717) is 11.0 Å². The van der Waals surface area contributed by atoms with Gasteiger partial charge in [-0.3, -0.25) is 4.79 Å². The van der Waals surface area contributed by atoms with Gasteiger partial charge in [-0.1, -0.05) is 34.1 Å². The highest BCUT2D eigenvalue weighted by molar-refractivity contribution is 9.10. The predicted octanol–water partition coefficient (Wildman–Crippen LogP) is 3.72. The number of aryl methyl sites for hydroxylation is 1. The van der Waals surface area contributed by atoms with E-state index in [0.717, 1.165) is 24.1 Å². The molecule has 0 aliphatic carbocycles. The van der Waals surface area contributed by atoms with E-state index in [2.05, 4.69) is 15.9 Å². The fourth-order valence-electron chi connectivity index (χ4n) is 2.73. The number of carbonyl (C=O) groups is 2. The van der Waals surface area contributed by atoms with E-state index >= 15 is 0 Å². The third-order valence-electron chi connectivity index (χ3n) is 3.89. The molecule has 0 saturated carbocycles. The van der Waals surface area contributed by atoms with Crippen molar-refractivity contribution in [1.29, 1.82) is 0 Å². The molecule has 2 aromatic rings. The molecule has 0 saturated heterocycles. The molecule has 3 rings (SSSR count). The summed E-state index contributed by atoms with van der Waals surface area (Å²) < 4.78 is 19.2. The minimum atomic E-state index is -0.854. The summed E-state index contributed by atoms with van der Waals surface area (Å²) in [6.45, 7) is 0.164. The van der Waals surface area contributed by atoms with Gasteiger partial charge in [-0.15, -0.1) is 0 Å². The number of fused-ring (bicyclic) bond motifs is 1. The maximum Gasteiger partial charge on any atom is 0.341 e. The molecular formula is C18H15BrFNO3. The molecule has 0 atom stereocenters. The maximum atomic E-state index is 13.7. The summed E-state index contributed by atoms with van der Waals surface area (Å²) in [7, 11) is 0. The van der Waals surface area contributed by atoms with Crippen LogP contribution in [0.2, 0.25) is 0 Å². The number of hydrogen-bond acceptors (Lipinski definition) is 3. The quantitative estimate of drug-likeness (QED) is 0.748. The smallest absolute Gasteiger partial charge is 0.341 e. The number of halogens is 2. The van der Waals surface area contributed by atoms with Crippen LogP contribution in [0.25, 0.3) is 0 Å². The summed E-state index contributed by atoms with van der Waals surface area (Å²) in [5.41, 5.74) is 1.75. The van der Waals surface area contributed by atoms with Crippen molar-refractivity contribution in [2.24, 2.45) is 0 Å². The molecule has 0 spiro atoms. The van der Waals surface area contributed by atoms with Crippen LogP contribution in [-0.4, -0.2) is 25.0 Å². The van der Waals surface area contributed by atoms with Crippen LogP contribution in [0.15, 0.2) is 46.9 Å². The summed E-state index contributed by atoms with van der Waals surface area (Å²) >= 11 is 3.18. The van der Waals surface area contributed by atoms with Gasteiger partial charge in [-0.2, -0.15) is 0 Å². The molecule has 6 heteroatoms. The summed E-state index contributed by atoms with van der Waals surface area (Å²) in [5.74, 6) is -1.85. The number of anilines is 1. The molecule has 0 fully saturated rings. The number of hydrogen-bond donors (Lipinski definition) is 0. The molecule has 2 aromatic carbocycles. The van der Waals surface area contributed by atoms with Crippen molar-refractivity contribution in [1.82, 2.24) is 0 Å². The molecule has 0 unspecified atom stereocenters. The number of para-hydroxylation sites is 1. The Morgan fingerprint density at radius 2 is 2.00 bits per heavy atom. The minimum Gasteiger partial charge on any atom is -0.452 e. The van der Waals surface area contributed by atoms with Gasteiger partial charge < -0.3 is 9.64 Å². The Hall–Kier alpha value is -2.21. The van der Waals surface area contributed by atoms with Crippen LogP contribution in [0.4, 0.5) is 10.1 Å². The van der Waals surface area contributed by atoms with Crippen molar-refractivity contribution in [2.75, 3.05) is 18.1 Å². The van der Waals surface area contributed by atoms with Gasteiger partial charge in [0.2, 0.25) is 0 Å². The highest BCUT2D eigenvalue weighted by atomic mass is 79.9. The molecule has 0 aromatic heterocycles. The van der Waals surface area contributed by atoms with Crippen LogP contribution in [0.3, 0.4) is 0 Å². The SMILES string of the molecule is O=C(OCC(=O)N1CCCc2ccccc21)c1cc(Br)ccc1F. The van der Waals surface area contributed by atoms with Crippen molar-refractivity contribution >= 4 is 33.5 Å². The lowest BCUT2D eigenvalue weighted by molar-refractivity contribution is -0.121. The van der Waals surface area contributed by atoms with Crippen molar-refractivity contribution in [3.05, 3.63) is 63.9 Å². The molecule has 1 heterocycles. The van der Waals surface area contributed by atoms with Gasteiger partial charge in [0, 0.05) is 16.7 Å². The molecule has 0 N–H and O–H groups in total. The van der Waals surface area contributed by atoms with Crippen LogP contribution >= 0.6 is 15.9 Å². The molecule has 1 amide bonds. The second-order valence-corrected chi connectivity index (χ2v) is 6.39. The summed E-state index contributed by atoms with van der Waals surface area (Å²) in [6, 6.07) is 11.7. The Bertz CT molecular complexity index is 794. The second-order valence-electron chi connectivity index (χ2n) is 5.48. The molecule has 24 heavy (non-hydrogen) atoms. The first-order valence-electron chi connectivity index (χ1n) is 7.56. The highest BCUT2D eigenvalue weighted by Gasteiger charge is 2.23. The first kappa shape index (κ1) is 16.6. The summed E-state index contributed by atoms with van der Waals surface area (Å²) in [6.07, 6.45) is 1.78. The Morgan fingerprint density at radius 3 is 2.83 bits per heavy atom. The van der Waals surface area contributed by atoms with Gasteiger partial charge in [0.1, 0.15) is 5.82 Å². The third-order valence-corrected chi connectivity index (χ3v) is 4.38. The standard InChI is InChI=1S/C18H15BrFNO3/c19-13-7-8-15(20)14(10-13)18(23)24-11-17(22)21-9-3-5-12-4-1-2-6-16(12)21/h1-2,4,6-8,10H,3,5,9,11H2. The van der Waals surface area contributed by atoms with Crippen molar-refractivity contribution in [2.45, 2.75) is 12.8 Å². The molecule has 1 aliphatic rings. The molecule has 124 valence electrons. The Morgan fingerprint density at radius 1 is 1.21 bits per heavy atom. The van der Waals surface area contributed by atoms with E-state index < -0.39 is 18.4 Å². The molecule has 0 radical (unpaired) electrons. The van der Waals surface area contributed by atoms with Gasteiger partial charge >= 0.3 is 5.97 Å². The molecular weight excluding hydrogens is 377 g/mol. The molecule has 1 aliphatic heterocycles. The fourth-order valence-corrected chi connectivity index (χ4v) is 3.09. The van der Waals surface area contributed by atoms with Crippen LogP contribution in [0.5, 0.6) is 0 Å². The number of benzene rings is 2. The normalized spacial score (nSPS) is 13.3. The van der Waals surface area contributed by atoms with E-state index in [4.69, 9.17) is 4.74 Å². The van der Waals surface area contributed by atoms with E-state index in [1.165, 1.54) is 18.2 Å². The van der Waals surface area contributed by atoms with Gasteiger partial charge in [-0.05, 0) is 42.7 Å². The first-order valence-corrected chi connectivity index (χ1v) is 8.36. The van der Waals surface area contributed by atoms with E-state index in [-0.39, 0.29) is 11.5 Å². The zero-order valence-electron chi connectivity index (χ0n) is 12.8. The largest absolute Gasteiger partial charge is 0.452 e. The number of ether oxygens (including phenoxy) is 1. The van der Waals surface area contributed by atoms with Crippen molar-refractivity contribution < 1.29 is 18.7 Å². The maximum absolute atomic E-state index is 13.7. The number of nitrogens with zero attached hydrogens (tertiary/aromatic N) is 1. The third kappa shape index (κ3) is 3.48. The number of carbonyl (C=O) groups excluding carboxylic acids is 2.